The van der Waals surface area contributed by atoms with E-state index >= 15 is 0 Å². The predicted molar refractivity (Wildman–Crippen MR) is 149 cm³/mol. The number of nitrogens with two attached hydrogens (primary N) is 2. The maximum absolute atomic E-state index is 13.5. The van der Waals surface area contributed by atoms with Gasteiger partial charge in [0.25, 0.3) is 0 Å². The van der Waals surface area contributed by atoms with Crippen LogP contribution in [0.3, 0.4) is 0 Å². The molecule has 8 heteroatoms. The Morgan fingerprint density at radius 2 is 1.16 bits per heavy atom. The van der Waals surface area contributed by atoms with E-state index in [0.29, 0.717) is 32.6 Å². The van der Waals surface area contributed by atoms with Crippen LogP contribution in [-0.4, -0.2) is 63.4 Å². The molecule has 4 N–H and O–H groups in total. The number of hydrogen-bond donors (Lipinski definition) is 2. The summed E-state index contributed by atoms with van der Waals surface area (Å²) in [5.74, 6) is 0.0853. The minimum Gasteiger partial charge on any atom is -0.341 e. The lowest BCUT2D eigenvalue weighted by atomic mass is 10.1. The van der Waals surface area contributed by atoms with Crippen molar-refractivity contribution in [2.45, 2.75) is 30.6 Å². The Kier molecular flexibility index (Phi) is 11.3. The van der Waals surface area contributed by atoms with Gasteiger partial charge in [-0.15, -0.1) is 0 Å². The summed E-state index contributed by atoms with van der Waals surface area (Å²) in [6.07, 6.45) is 3.10. The molecule has 3 aromatic carbocycles. The minimum atomic E-state index is -3.73. The maximum Gasteiger partial charge on any atom is 0.238 e. The molecule has 0 fully saturated rings. The molecule has 0 saturated heterocycles. The maximum atomic E-state index is 13.5. The van der Waals surface area contributed by atoms with Crippen LogP contribution in [0.4, 0.5) is 0 Å². The van der Waals surface area contributed by atoms with Gasteiger partial charge >= 0.3 is 0 Å². The zero-order valence-corrected chi connectivity index (χ0v) is 22.2. The number of primary sulfonamides is 1. The Balaban J connectivity index is 1.66. The normalized spacial score (nSPS) is 11.5. The smallest absolute Gasteiger partial charge is 0.238 e. The molecule has 3 rings (SSSR count). The van der Waals surface area contributed by atoms with Crippen LogP contribution in [0, 0.1) is 0 Å². The molecule has 198 valence electrons. The fourth-order valence-electron chi connectivity index (χ4n) is 4.19. The van der Waals surface area contributed by atoms with Crippen LogP contribution < -0.4 is 10.9 Å². The van der Waals surface area contributed by atoms with Gasteiger partial charge in [-0.3, -0.25) is 9.69 Å². The molecular weight excluding hydrogens is 484 g/mol. The van der Waals surface area contributed by atoms with E-state index in [1.807, 2.05) is 41.3 Å². The summed E-state index contributed by atoms with van der Waals surface area (Å²) in [6.45, 7) is 3.65. The Morgan fingerprint density at radius 3 is 1.65 bits per heavy atom. The summed E-state index contributed by atoms with van der Waals surface area (Å²) < 4.78 is 23.1. The van der Waals surface area contributed by atoms with Gasteiger partial charge in [-0.1, -0.05) is 72.8 Å². The lowest BCUT2D eigenvalue weighted by Gasteiger charge is -2.28. The predicted octanol–water partition coefficient (Wildman–Crippen LogP) is 2.84. The van der Waals surface area contributed by atoms with Gasteiger partial charge in [0, 0.05) is 19.6 Å². The van der Waals surface area contributed by atoms with E-state index in [-0.39, 0.29) is 10.8 Å². The number of benzene rings is 3. The molecule has 0 aliphatic carbocycles. The van der Waals surface area contributed by atoms with E-state index in [4.69, 9.17) is 10.9 Å². The van der Waals surface area contributed by atoms with Crippen molar-refractivity contribution in [2.75, 3.05) is 39.3 Å². The second-order valence-electron chi connectivity index (χ2n) is 9.21. The van der Waals surface area contributed by atoms with Crippen LogP contribution in [0.1, 0.15) is 23.1 Å². The zero-order chi connectivity index (χ0) is 26.5. The molecule has 0 aliphatic heterocycles. The van der Waals surface area contributed by atoms with Gasteiger partial charge < -0.3 is 10.6 Å². The summed E-state index contributed by atoms with van der Waals surface area (Å²) in [6, 6.07) is 27.0. The van der Waals surface area contributed by atoms with Gasteiger partial charge in [0.15, 0.2) is 0 Å². The van der Waals surface area contributed by atoms with Gasteiger partial charge in [-0.05, 0) is 67.6 Å². The highest BCUT2D eigenvalue weighted by molar-refractivity contribution is 7.89. The summed E-state index contributed by atoms with van der Waals surface area (Å²) in [5, 5.41) is 5.21. The molecule has 1 amide bonds. The van der Waals surface area contributed by atoms with Crippen molar-refractivity contribution in [3.8, 4) is 0 Å². The highest BCUT2D eigenvalue weighted by Gasteiger charge is 2.18. The number of sulfonamides is 1. The molecule has 37 heavy (non-hydrogen) atoms. The van der Waals surface area contributed by atoms with Gasteiger partial charge in [-0.25, -0.2) is 13.6 Å². The van der Waals surface area contributed by atoms with Crippen LogP contribution in [0.25, 0.3) is 0 Å². The molecule has 0 saturated carbocycles. The highest BCUT2D eigenvalue weighted by Crippen LogP contribution is 2.11. The second-order valence-corrected chi connectivity index (χ2v) is 10.8. The average Bonchev–Trinajstić information content (AvgIpc) is 2.91. The van der Waals surface area contributed by atoms with Crippen LogP contribution >= 0.6 is 0 Å². The summed E-state index contributed by atoms with van der Waals surface area (Å²) in [7, 11) is -3.73. The second kappa shape index (κ2) is 14.6. The minimum absolute atomic E-state index is 0.0853. The van der Waals surface area contributed by atoms with Crippen molar-refractivity contribution in [3.63, 3.8) is 0 Å². The average molecular weight is 523 g/mol. The number of carbonyl (C=O) groups excluding carboxylic acids is 1. The first-order valence-electron chi connectivity index (χ1n) is 12.7. The largest absolute Gasteiger partial charge is 0.341 e. The van der Waals surface area contributed by atoms with Crippen molar-refractivity contribution in [1.82, 2.24) is 9.80 Å². The van der Waals surface area contributed by atoms with E-state index in [9.17, 15) is 13.2 Å². The fraction of sp³-hybridized carbons (Fsp3) is 0.345. The van der Waals surface area contributed by atoms with E-state index < -0.39 is 10.0 Å². The zero-order valence-electron chi connectivity index (χ0n) is 21.3. The molecular formula is C29H38N4O3S. The lowest BCUT2D eigenvalue weighted by Crippen LogP contribution is -2.43. The number of hydrogen-bond acceptors (Lipinski definition) is 5. The Hall–Kier alpha value is -3.04. The molecule has 0 bridgehead atoms. The quantitative estimate of drug-likeness (QED) is 0.319. The van der Waals surface area contributed by atoms with E-state index in [1.54, 1.807) is 12.1 Å². The molecule has 3 aromatic rings. The number of nitrogens with zero attached hydrogens (tertiary/aromatic N) is 2. The number of carbonyl (C=O) groups is 1. The molecule has 0 spiro atoms. The standard InChI is InChI=1S/C29H38N4O3S/c30-19-7-20-32(21-16-25-8-3-1-4-9-25)24-29(34)33(22-17-26-10-5-2-6-11-26)23-18-27-12-14-28(15-13-27)37(31,35)36/h1-6,8-15H,7,16-24,30H2,(H2,31,35,36). The van der Waals surface area contributed by atoms with Crippen molar-refractivity contribution < 1.29 is 13.2 Å². The third kappa shape index (κ3) is 10.1. The lowest BCUT2D eigenvalue weighted by molar-refractivity contribution is -0.132. The Morgan fingerprint density at radius 1 is 0.676 bits per heavy atom. The van der Waals surface area contributed by atoms with Crippen molar-refractivity contribution in [3.05, 3.63) is 102 Å². The van der Waals surface area contributed by atoms with Crippen LogP contribution in [0.5, 0.6) is 0 Å². The fourth-order valence-corrected chi connectivity index (χ4v) is 4.70. The van der Waals surface area contributed by atoms with E-state index in [0.717, 1.165) is 37.9 Å². The molecule has 0 aromatic heterocycles. The van der Waals surface area contributed by atoms with E-state index in [1.165, 1.54) is 23.3 Å². The van der Waals surface area contributed by atoms with Crippen LogP contribution in [-0.2, 0) is 34.1 Å². The molecule has 7 nitrogen and oxygen atoms in total. The van der Waals surface area contributed by atoms with Gasteiger partial charge in [0.05, 0.1) is 11.4 Å². The first-order chi connectivity index (χ1) is 17.8. The summed E-state index contributed by atoms with van der Waals surface area (Å²) in [5.41, 5.74) is 9.15. The van der Waals surface area contributed by atoms with Gasteiger partial charge in [0.2, 0.25) is 15.9 Å². The van der Waals surface area contributed by atoms with Crippen molar-refractivity contribution in [1.29, 1.82) is 0 Å². The number of rotatable bonds is 15. The Labute approximate surface area is 221 Å². The topological polar surface area (TPSA) is 110 Å². The van der Waals surface area contributed by atoms with Crippen molar-refractivity contribution >= 4 is 15.9 Å². The monoisotopic (exact) mass is 522 g/mol. The summed E-state index contributed by atoms with van der Waals surface area (Å²) >= 11 is 0. The SMILES string of the molecule is NCCCN(CCc1ccccc1)CC(=O)N(CCc1ccccc1)CCc1ccc(S(N)(=O)=O)cc1. The van der Waals surface area contributed by atoms with Gasteiger partial charge in [-0.2, -0.15) is 0 Å². The molecule has 0 unspecified atom stereocenters. The number of amides is 1. The Bertz CT molecular complexity index is 1190. The molecule has 0 heterocycles. The van der Waals surface area contributed by atoms with Crippen LogP contribution in [0.15, 0.2) is 89.8 Å². The first-order valence-corrected chi connectivity index (χ1v) is 14.3. The van der Waals surface area contributed by atoms with Crippen molar-refractivity contribution in [2.24, 2.45) is 10.9 Å². The van der Waals surface area contributed by atoms with Gasteiger partial charge in [0.1, 0.15) is 0 Å². The summed E-state index contributed by atoms with van der Waals surface area (Å²) in [4.78, 5) is 17.7. The third-order valence-electron chi connectivity index (χ3n) is 6.39. The third-order valence-corrected chi connectivity index (χ3v) is 7.31. The van der Waals surface area contributed by atoms with Crippen LogP contribution in [0.2, 0.25) is 0 Å². The molecule has 0 aliphatic rings. The molecule has 0 atom stereocenters. The highest BCUT2D eigenvalue weighted by atomic mass is 32.2. The van der Waals surface area contributed by atoms with E-state index in [2.05, 4.69) is 29.2 Å². The molecule has 0 radical (unpaired) electrons. The first kappa shape index (κ1) is 28.5.